The largest absolute Gasteiger partial charge is 0.444 e. The average Bonchev–Trinajstić information content (AvgIpc) is 2.37. The third kappa shape index (κ3) is 8.82. The highest BCUT2D eigenvalue weighted by Gasteiger charge is 2.15. The van der Waals surface area contributed by atoms with Crippen LogP contribution in [-0.2, 0) is 4.74 Å². The van der Waals surface area contributed by atoms with Gasteiger partial charge in [0.15, 0.2) is 0 Å². The first kappa shape index (κ1) is 16.9. The van der Waals surface area contributed by atoms with Gasteiger partial charge in [-0.05, 0) is 32.9 Å². The molecule has 0 spiro atoms. The number of carbonyl (C=O) groups excluding carboxylic acids is 1. The molecule has 0 atom stereocenters. The molecule has 112 valence electrons. The lowest BCUT2D eigenvalue weighted by Gasteiger charge is -2.19. The Morgan fingerprint density at radius 2 is 1.85 bits per heavy atom. The Morgan fingerprint density at radius 3 is 2.50 bits per heavy atom. The smallest absolute Gasteiger partial charge is 0.407 e. The van der Waals surface area contributed by atoms with Crippen LogP contribution in [0.1, 0.15) is 20.8 Å². The Balaban J connectivity index is 1.96. The quantitative estimate of drug-likeness (QED) is 0.600. The van der Waals surface area contributed by atoms with Crippen molar-refractivity contribution in [3.05, 3.63) is 30.3 Å². The van der Waals surface area contributed by atoms with Gasteiger partial charge in [0.1, 0.15) is 5.60 Å². The van der Waals surface area contributed by atoms with Crippen LogP contribution >= 0.6 is 11.8 Å². The number of carbonyl (C=O) groups is 1. The number of alkyl carbamates (subject to hydrolysis) is 1. The van der Waals surface area contributed by atoms with Gasteiger partial charge in [0.05, 0.1) is 0 Å². The van der Waals surface area contributed by atoms with Crippen LogP contribution in [0.15, 0.2) is 35.2 Å². The second-order valence-corrected chi connectivity index (χ2v) is 6.51. The molecule has 1 aromatic carbocycles. The zero-order valence-corrected chi connectivity index (χ0v) is 13.3. The highest BCUT2D eigenvalue weighted by atomic mass is 32.2. The summed E-state index contributed by atoms with van der Waals surface area (Å²) in [5, 5.41) is 6.00. The molecule has 0 unspecified atom stereocenters. The molecule has 0 saturated carbocycles. The van der Waals surface area contributed by atoms with Gasteiger partial charge in [-0.25, -0.2) is 4.79 Å². The maximum Gasteiger partial charge on any atom is 0.407 e. The predicted molar refractivity (Wildman–Crippen MR) is 84.3 cm³/mol. The van der Waals surface area contributed by atoms with Crippen molar-refractivity contribution in [3.8, 4) is 0 Å². The second-order valence-electron chi connectivity index (χ2n) is 5.34. The highest BCUT2D eigenvalue weighted by Crippen LogP contribution is 2.15. The van der Waals surface area contributed by atoms with Crippen molar-refractivity contribution in [2.45, 2.75) is 31.3 Å². The zero-order chi connectivity index (χ0) is 14.8. The van der Waals surface area contributed by atoms with E-state index in [1.165, 1.54) is 4.90 Å². The van der Waals surface area contributed by atoms with Crippen LogP contribution in [0.25, 0.3) is 0 Å². The van der Waals surface area contributed by atoms with Gasteiger partial charge in [0.2, 0.25) is 0 Å². The fraction of sp³-hybridized carbons (Fsp3) is 0.533. The average molecular weight is 296 g/mol. The molecule has 0 aromatic heterocycles. The van der Waals surface area contributed by atoms with E-state index < -0.39 is 5.60 Å². The first-order valence-corrected chi connectivity index (χ1v) is 7.81. The molecular weight excluding hydrogens is 272 g/mol. The van der Waals surface area contributed by atoms with E-state index in [0.29, 0.717) is 6.54 Å². The number of hydrogen-bond donors (Lipinski definition) is 2. The minimum atomic E-state index is -0.441. The van der Waals surface area contributed by atoms with E-state index in [1.54, 1.807) is 0 Å². The van der Waals surface area contributed by atoms with Gasteiger partial charge in [0, 0.05) is 30.3 Å². The molecule has 0 aliphatic carbocycles. The van der Waals surface area contributed by atoms with Crippen molar-refractivity contribution < 1.29 is 9.53 Å². The molecule has 4 nitrogen and oxygen atoms in total. The lowest BCUT2D eigenvalue weighted by molar-refractivity contribution is 0.0528. The van der Waals surface area contributed by atoms with Crippen molar-refractivity contribution in [1.82, 2.24) is 10.6 Å². The number of amides is 1. The SMILES string of the molecule is CC(C)(C)OC(=O)NCCNCCSc1ccccc1. The number of benzene rings is 1. The van der Waals surface area contributed by atoms with Crippen molar-refractivity contribution in [1.29, 1.82) is 0 Å². The molecule has 0 aliphatic rings. The van der Waals surface area contributed by atoms with E-state index in [4.69, 9.17) is 4.74 Å². The van der Waals surface area contributed by atoms with Gasteiger partial charge in [-0.1, -0.05) is 18.2 Å². The summed E-state index contributed by atoms with van der Waals surface area (Å²) in [6.07, 6.45) is -0.363. The first-order chi connectivity index (χ1) is 9.47. The van der Waals surface area contributed by atoms with E-state index in [2.05, 4.69) is 22.8 Å². The molecule has 20 heavy (non-hydrogen) atoms. The molecule has 0 heterocycles. The summed E-state index contributed by atoms with van der Waals surface area (Å²) < 4.78 is 5.14. The molecule has 0 fully saturated rings. The lowest BCUT2D eigenvalue weighted by atomic mass is 10.2. The van der Waals surface area contributed by atoms with E-state index >= 15 is 0 Å². The molecule has 1 aromatic rings. The van der Waals surface area contributed by atoms with Gasteiger partial charge in [0.25, 0.3) is 0 Å². The Hall–Kier alpha value is -1.20. The van der Waals surface area contributed by atoms with Crippen LogP contribution in [-0.4, -0.2) is 37.1 Å². The lowest BCUT2D eigenvalue weighted by Crippen LogP contribution is -2.36. The van der Waals surface area contributed by atoms with E-state index in [0.717, 1.165) is 18.8 Å². The molecule has 1 rings (SSSR count). The molecule has 5 heteroatoms. The van der Waals surface area contributed by atoms with Crippen molar-refractivity contribution in [2.75, 3.05) is 25.4 Å². The van der Waals surface area contributed by atoms with Crippen molar-refractivity contribution in [3.63, 3.8) is 0 Å². The van der Waals surface area contributed by atoms with Gasteiger partial charge in [-0.3, -0.25) is 0 Å². The fourth-order valence-corrected chi connectivity index (χ4v) is 2.28. The number of nitrogens with one attached hydrogen (secondary N) is 2. The van der Waals surface area contributed by atoms with E-state index in [1.807, 2.05) is 50.7 Å². The second kappa shape index (κ2) is 8.87. The van der Waals surface area contributed by atoms with Crippen LogP contribution in [0.4, 0.5) is 4.79 Å². The van der Waals surface area contributed by atoms with Crippen LogP contribution in [0.3, 0.4) is 0 Å². The van der Waals surface area contributed by atoms with E-state index in [-0.39, 0.29) is 6.09 Å². The molecular formula is C15H24N2O2S. The number of ether oxygens (including phenoxy) is 1. The first-order valence-electron chi connectivity index (χ1n) is 6.83. The van der Waals surface area contributed by atoms with Crippen LogP contribution in [0, 0.1) is 0 Å². The Labute approximate surface area is 125 Å². The molecule has 0 radical (unpaired) electrons. The third-order valence-corrected chi connectivity index (χ3v) is 3.27. The summed E-state index contributed by atoms with van der Waals surface area (Å²) in [4.78, 5) is 12.6. The van der Waals surface area contributed by atoms with Gasteiger partial charge in [-0.2, -0.15) is 0 Å². The van der Waals surface area contributed by atoms with Crippen LogP contribution in [0.5, 0.6) is 0 Å². The number of hydrogen-bond acceptors (Lipinski definition) is 4. The predicted octanol–water partition coefficient (Wildman–Crippen LogP) is 2.89. The van der Waals surface area contributed by atoms with Crippen LogP contribution in [0.2, 0.25) is 0 Å². The zero-order valence-electron chi connectivity index (χ0n) is 12.4. The maximum absolute atomic E-state index is 11.4. The van der Waals surface area contributed by atoms with Crippen molar-refractivity contribution in [2.24, 2.45) is 0 Å². The topological polar surface area (TPSA) is 50.4 Å². The monoisotopic (exact) mass is 296 g/mol. The summed E-state index contributed by atoms with van der Waals surface area (Å²) in [6.45, 7) is 7.79. The molecule has 1 amide bonds. The summed E-state index contributed by atoms with van der Waals surface area (Å²) in [6, 6.07) is 10.3. The number of thioether (sulfide) groups is 1. The molecule has 2 N–H and O–H groups in total. The Bertz CT molecular complexity index is 391. The number of rotatable bonds is 7. The minimum absolute atomic E-state index is 0.363. The van der Waals surface area contributed by atoms with Gasteiger partial charge < -0.3 is 15.4 Å². The maximum atomic E-state index is 11.4. The summed E-state index contributed by atoms with van der Waals surface area (Å²) in [7, 11) is 0. The summed E-state index contributed by atoms with van der Waals surface area (Å²) in [5.41, 5.74) is -0.441. The molecule has 0 aliphatic heterocycles. The Morgan fingerprint density at radius 1 is 1.15 bits per heavy atom. The molecule has 0 saturated heterocycles. The normalized spacial score (nSPS) is 11.2. The highest BCUT2D eigenvalue weighted by molar-refractivity contribution is 7.99. The van der Waals surface area contributed by atoms with Gasteiger partial charge in [-0.15, -0.1) is 11.8 Å². The fourth-order valence-electron chi connectivity index (χ4n) is 1.45. The Kier molecular flexibility index (Phi) is 7.47. The van der Waals surface area contributed by atoms with E-state index in [9.17, 15) is 4.79 Å². The summed E-state index contributed by atoms with van der Waals surface area (Å²) >= 11 is 1.82. The third-order valence-electron chi connectivity index (χ3n) is 2.26. The standard InChI is InChI=1S/C15H24N2O2S/c1-15(2,3)19-14(18)17-10-9-16-11-12-20-13-7-5-4-6-8-13/h4-8,16H,9-12H2,1-3H3,(H,17,18). The van der Waals surface area contributed by atoms with Gasteiger partial charge >= 0.3 is 6.09 Å². The van der Waals surface area contributed by atoms with Crippen molar-refractivity contribution >= 4 is 17.9 Å². The summed E-state index contributed by atoms with van der Waals surface area (Å²) in [5.74, 6) is 1.01. The van der Waals surface area contributed by atoms with Crippen LogP contribution < -0.4 is 10.6 Å². The minimum Gasteiger partial charge on any atom is -0.444 e. The molecule has 0 bridgehead atoms.